The van der Waals surface area contributed by atoms with Gasteiger partial charge in [-0.1, -0.05) is 12.5 Å². The van der Waals surface area contributed by atoms with E-state index in [-0.39, 0.29) is 17.9 Å². The maximum Gasteiger partial charge on any atom is 0.245 e. The van der Waals surface area contributed by atoms with Crippen LogP contribution in [-0.2, 0) is 4.79 Å². The lowest BCUT2D eigenvalue weighted by Crippen LogP contribution is -2.37. The van der Waals surface area contributed by atoms with Crippen molar-refractivity contribution in [3.8, 4) is 11.8 Å². The van der Waals surface area contributed by atoms with Crippen LogP contribution < -0.4 is 5.73 Å². The van der Waals surface area contributed by atoms with Crippen molar-refractivity contribution in [2.75, 3.05) is 18.8 Å². The number of piperidine rings is 1. The van der Waals surface area contributed by atoms with Crippen LogP contribution >= 0.6 is 15.9 Å². The summed E-state index contributed by atoms with van der Waals surface area (Å²) in [5.74, 6) is 7.41. The standard InChI is InChI=1S/C19H22BrN5O/c1-4-15(26)24-9-7-13(8-10-24)5-6-14-17(20)16-18(21)22-11-23-19(16)25(14)12(2)3/h4,11-13H,1,7-10H2,2-3H3,(H2,21,22,23). The molecular formula is C19H22BrN5O. The highest BCUT2D eigenvalue weighted by molar-refractivity contribution is 9.10. The van der Waals surface area contributed by atoms with E-state index in [9.17, 15) is 4.79 Å². The Hall–Kier alpha value is -2.33. The van der Waals surface area contributed by atoms with E-state index in [0.29, 0.717) is 5.82 Å². The number of carbonyl (C=O) groups excluding carboxylic acids is 1. The van der Waals surface area contributed by atoms with Crippen LogP contribution in [0.3, 0.4) is 0 Å². The fourth-order valence-electron chi connectivity index (χ4n) is 3.27. The summed E-state index contributed by atoms with van der Waals surface area (Å²) in [7, 11) is 0. The number of amides is 1. The van der Waals surface area contributed by atoms with Crippen LogP contribution in [-0.4, -0.2) is 38.4 Å². The van der Waals surface area contributed by atoms with Gasteiger partial charge in [0.1, 0.15) is 23.5 Å². The molecule has 7 heteroatoms. The number of aromatic nitrogens is 3. The third-order valence-electron chi connectivity index (χ3n) is 4.65. The van der Waals surface area contributed by atoms with Crippen LogP contribution in [0.5, 0.6) is 0 Å². The summed E-state index contributed by atoms with van der Waals surface area (Å²) in [6, 6.07) is 0.189. The van der Waals surface area contributed by atoms with Crippen LogP contribution in [0.15, 0.2) is 23.5 Å². The Morgan fingerprint density at radius 3 is 2.73 bits per heavy atom. The van der Waals surface area contributed by atoms with Crippen LogP contribution in [0, 0.1) is 17.8 Å². The zero-order valence-corrected chi connectivity index (χ0v) is 16.6. The van der Waals surface area contributed by atoms with E-state index in [4.69, 9.17) is 5.73 Å². The normalized spacial score (nSPS) is 15.2. The molecule has 1 aliphatic rings. The fraction of sp³-hybridized carbons (Fsp3) is 0.421. The molecule has 0 aromatic carbocycles. The quantitative estimate of drug-likeness (QED) is 0.603. The van der Waals surface area contributed by atoms with E-state index in [2.05, 4.69) is 62.7 Å². The number of carbonyl (C=O) groups is 1. The van der Waals surface area contributed by atoms with Crippen molar-refractivity contribution in [3.63, 3.8) is 0 Å². The molecule has 0 spiro atoms. The third kappa shape index (κ3) is 3.34. The molecule has 1 saturated heterocycles. The molecule has 2 aromatic heterocycles. The van der Waals surface area contributed by atoms with E-state index >= 15 is 0 Å². The molecule has 0 unspecified atom stereocenters. The second-order valence-electron chi connectivity index (χ2n) is 6.66. The second kappa shape index (κ2) is 7.50. The maximum atomic E-state index is 11.7. The van der Waals surface area contributed by atoms with Crippen molar-refractivity contribution in [2.45, 2.75) is 32.7 Å². The number of rotatable bonds is 2. The largest absolute Gasteiger partial charge is 0.383 e. The minimum atomic E-state index is -0.00635. The van der Waals surface area contributed by atoms with Gasteiger partial charge in [0.25, 0.3) is 0 Å². The molecule has 3 heterocycles. The maximum absolute atomic E-state index is 11.7. The van der Waals surface area contributed by atoms with E-state index < -0.39 is 0 Å². The number of anilines is 1. The van der Waals surface area contributed by atoms with Crippen LogP contribution in [0.25, 0.3) is 11.0 Å². The highest BCUT2D eigenvalue weighted by Gasteiger charge is 2.22. The number of hydrogen-bond donors (Lipinski definition) is 1. The first-order chi connectivity index (χ1) is 12.4. The van der Waals surface area contributed by atoms with Gasteiger partial charge >= 0.3 is 0 Å². The van der Waals surface area contributed by atoms with E-state index in [1.54, 1.807) is 0 Å². The van der Waals surface area contributed by atoms with Gasteiger partial charge in [-0.3, -0.25) is 4.79 Å². The van der Waals surface area contributed by atoms with Crippen LogP contribution in [0.2, 0.25) is 0 Å². The summed E-state index contributed by atoms with van der Waals surface area (Å²) >= 11 is 3.64. The number of nitrogens with zero attached hydrogens (tertiary/aromatic N) is 4. The smallest absolute Gasteiger partial charge is 0.245 e. The Labute approximate surface area is 161 Å². The van der Waals surface area contributed by atoms with Crippen molar-refractivity contribution in [2.24, 2.45) is 5.92 Å². The van der Waals surface area contributed by atoms with Crippen molar-refractivity contribution in [3.05, 3.63) is 29.1 Å². The fourth-order valence-corrected chi connectivity index (χ4v) is 3.94. The number of halogens is 1. The van der Waals surface area contributed by atoms with Gasteiger partial charge in [0, 0.05) is 25.0 Å². The summed E-state index contributed by atoms with van der Waals surface area (Å²) in [5, 5.41) is 0.803. The lowest BCUT2D eigenvalue weighted by Gasteiger charge is -2.28. The summed E-state index contributed by atoms with van der Waals surface area (Å²) in [6.07, 6.45) is 4.59. The molecule has 136 valence electrons. The van der Waals surface area contributed by atoms with Gasteiger partial charge < -0.3 is 15.2 Å². The van der Waals surface area contributed by atoms with Gasteiger partial charge in [0.05, 0.1) is 9.86 Å². The van der Waals surface area contributed by atoms with Gasteiger partial charge in [0.2, 0.25) is 5.91 Å². The van der Waals surface area contributed by atoms with Crippen molar-refractivity contribution >= 4 is 38.7 Å². The molecule has 0 atom stereocenters. The average molecular weight is 416 g/mol. The second-order valence-corrected chi connectivity index (χ2v) is 7.45. The number of hydrogen-bond acceptors (Lipinski definition) is 4. The topological polar surface area (TPSA) is 77.0 Å². The molecule has 0 bridgehead atoms. The summed E-state index contributed by atoms with van der Waals surface area (Å²) in [4.78, 5) is 22.0. The Bertz CT molecular complexity index is 913. The Balaban J connectivity index is 1.91. The summed E-state index contributed by atoms with van der Waals surface area (Å²) < 4.78 is 2.92. The zero-order chi connectivity index (χ0) is 18.8. The first kappa shape index (κ1) is 18.5. The Morgan fingerprint density at radius 2 is 2.12 bits per heavy atom. The van der Waals surface area contributed by atoms with Gasteiger partial charge in [-0.25, -0.2) is 9.97 Å². The van der Waals surface area contributed by atoms with Crippen molar-refractivity contribution < 1.29 is 4.79 Å². The molecule has 1 aliphatic heterocycles. The SMILES string of the molecule is C=CC(=O)N1CCC(C#Cc2c(Br)c3c(N)ncnc3n2C(C)C)CC1. The Kier molecular flexibility index (Phi) is 5.33. The molecule has 1 amide bonds. The van der Waals surface area contributed by atoms with E-state index in [1.807, 2.05) is 4.90 Å². The van der Waals surface area contributed by atoms with Gasteiger partial charge in [-0.15, -0.1) is 0 Å². The lowest BCUT2D eigenvalue weighted by molar-refractivity contribution is -0.127. The third-order valence-corrected chi connectivity index (χ3v) is 5.42. The van der Waals surface area contributed by atoms with Gasteiger partial charge in [-0.2, -0.15) is 0 Å². The molecule has 0 radical (unpaired) electrons. The predicted octanol–water partition coefficient (Wildman–Crippen LogP) is 3.13. The number of nitrogens with two attached hydrogens (primary N) is 1. The molecule has 1 fully saturated rings. The van der Waals surface area contributed by atoms with Gasteiger partial charge in [0.15, 0.2) is 0 Å². The zero-order valence-electron chi connectivity index (χ0n) is 15.0. The van der Waals surface area contributed by atoms with E-state index in [0.717, 1.165) is 47.1 Å². The first-order valence-electron chi connectivity index (χ1n) is 8.66. The monoisotopic (exact) mass is 415 g/mol. The molecule has 2 N–H and O–H groups in total. The van der Waals surface area contributed by atoms with Crippen molar-refractivity contribution in [1.29, 1.82) is 0 Å². The molecular weight excluding hydrogens is 394 g/mol. The molecule has 3 rings (SSSR count). The highest BCUT2D eigenvalue weighted by Crippen LogP contribution is 2.34. The first-order valence-corrected chi connectivity index (χ1v) is 9.46. The van der Waals surface area contributed by atoms with Gasteiger partial charge in [-0.05, 0) is 54.6 Å². The average Bonchev–Trinajstić information content (AvgIpc) is 2.93. The number of nitrogen functional groups attached to an aromatic ring is 1. The van der Waals surface area contributed by atoms with E-state index in [1.165, 1.54) is 12.4 Å². The minimum Gasteiger partial charge on any atom is -0.383 e. The lowest BCUT2D eigenvalue weighted by atomic mass is 9.97. The highest BCUT2D eigenvalue weighted by atomic mass is 79.9. The van der Waals surface area contributed by atoms with Crippen molar-refractivity contribution in [1.82, 2.24) is 19.4 Å². The predicted molar refractivity (Wildman–Crippen MR) is 106 cm³/mol. The Morgan fingerprint density at radius 1 is 1.42 bits per heavy atom. The minimum absolute atomic E-state index is 0.00635. The summed E-state index contributed by atoms with van der Waals surface area (Å²) in [6.45, 7) is 9.17. The van der Waals surface area contributed by atoms with Crippen LogP contribution in [0.4, 0.5) is 5.82 Å². The molecule has 26 heavy (non-hydrogen) atoms. The molecule has 6 nitrogen and oxygen atoms in total. The summed E-state index contributed by atoms with van der Waals surface area (Å²) in [5.41, 5.74) is 7.70. The molecule has 0 saturated carbocycles. The molecule has 0 aliphatic carbocycles. The number of fused-ring (bicyclic) bond motifs is 1. The molecule has 2 aromatic rings. The van der Waals surface area contributed by atoms with Crippen LogP contribution in [0.1, 0.15) is 38.4 Å². The number of likely N-dealkylation sites (tertiary alicyclic amines) is 1.